The molecule has 0 aliphatic rings. The van der Waals surface area contributed by atoms with Crippen molar-refractivity contribution in [1.29, 1.82) is 0 Å². The van der Waals surface area contributed by atoms with E-state index in [2.05, 4.69) is 15.6 Å². The van der Waals surface area contributed by atoms with Crippen molar-refractivity contribution in [2.24, 2.45) is 16.5 Å². The molecule has 0 heterocycles. The fourth-order valence-electron chi connectivity index (χ4n) is 2.95. The van der Waals surface area contributed by atoms with Crippen molar-refractivity contribution in [2.75, 3.05) is 13.2 Å². The molecule has 2 aromatic carbocycles. The monoisotopic (exact) mass is 499 g/mol. The highest BCUT2D eigenvalue weighted by molar-refractivity contribution is 6.30. The molecule has 0 bridgehead atoms. The van der Waals surface area contributed by atoms with Gasteiger partial charge in [0, 0.05) is 30.8 Å². The first-order chi connectivity index (χ1) is 16.0. The number of amides is 1. The zero-order chi connectivity index (χ0) is 25.3. The van der Waals surface area contributed by atoms with Gasteiger partial charge in [-0.05, 0) is 62.6 Å². The normalized spacial score (nSPS) is 13.6. The van der Waals surface area contributed by atoms with E-state index in [0.717, 1.165) is 24.3 Å². The molecule has 2 unspecified atom stereocenters. The minimum Gasteiger partial charge on any atom is -0.379 e. The van der Waals surface area contributed by atoms with Crippen molar-refractivity contribution in [3.8, 4) is 0 Å². The third-order valence-electron chi connectivity index (χ3n) is 4.59. The molecule has 0 aliphatic heterocycles. The molecule has 0 fully saturated rings. The molecule has 2 aromatic rings. The number of nitrogens with zero attached hydrogens (tertiary/aromatic N) is 1. The van der Waals surface area contributed by atoms with Gasteiger partial charge in [0.05, 0.1) is 17.3 Å². The number of carbonyl (C=O) groups excluding carboxylic acids is 1. The average Bonchev–Trinajstić information content (AvgIpc) is 2.74. The Bertz CT molecular complexity index is 986. The molecule has 7 nitrogen and oxygen atoms in total. The second kappa shape index (κ2) is 13.3. The highest BCUT2D eigenvalue weighted by Crippen LogP contribution is 2.18. The summed E-state index contributed by atoms with van der Waals surface area (Å²) in [5.74, 6) is -2.94. The molecule has 186 valence electrons. The lowest BCUT2D eigenvalue weighted by atomic mass is 10.0. The molecule has 0 saturated carbocycles. The standard InChI is InChI=1S/C23H29ClF3N5O2/c1-13(2)34-7-3-6-30-23(32-22(33)14-4-5-18(24)19(27)10-14)31-21(29)12-20(28)15-8-16(25)11-17(26)9-15/h4-5,8-11,13,20-21H,3,6-7,12,28-29H2,1-2H3,(H2,30,31,32,33). The number of carbonyl (C=O) groups is 1. The van der Waals surface area contributed by atoms with E-state index in [4.69, 9.17) is 27.8 Å². The van der Waals surface area contributed by atoms with Gasteiger partial charge in [0.1, 0.15) is 17.5 Å². The summed E-state index contributed by atoms with van der Waals surface area (Å²) in [5.41, 5.74) is 12.4. The third-order valence-corrected chi connectivity index (χ3v) is 4.89. The number of halogens is 4. The van der Waals surface area contributed by atoms with Crippen LogP contribution in [0.4, 0.5) is 13.2 Å². The summed E-state index contributed by atoms with van der Waals surface area (Å²) in [6.45, 7) is 4.71. The fraction of sp³-hybridized carbons (Fsp3) is 0.391. The van der Waals surface area contributed by atoms with E-state index in [1.165, 1.54) is 12.1 Å². The number of hydrogen-bond acceptors (Lipinski definition) is 4. The fourth-order valence-corrected chi connectivity index (χ4v) is 3.07. The molecule has 11 heteroatoms. The number of ether oxygens (including phenoxy) is 1. The van der Waals surface area contributed by atoms with Gasteiger partial charge in [0.15, 0.2) is 0 Å². The predicted octanol–water partition coefficient (Wildman–Crippen LogP) is 3.62. The SMILES string of the molecule is CC(C)OCCCN/C(=N/C(=O)c1ccc(Cl)c(F)c1)NC(N)CC(N)c1cc(F)cc(F)c1. The van der Waals surface area contributed by atoms with E-state index >= 15 is 0 Å². The van der Waals surface area contributed by atoms with Crippen LogP contribution in [0.2, 0.25) is 5.02 Å². The first-order valence-electron chi connectivity index (χ1n) is 10.7. The van der Waals surface area contributed by atoms with Gasteiger partial charge in [0.2, 0.25) is 5.96 Å². The van der Waals surface area contributed by atoms with Crippen LogP contribution in [-0.2, 0) is 4.74 Å². The maximum Gasteiger partial charge on any atom is 0.280 e. The number of aliphatic imine (C=N–C) groups is 1. The van der Waals surface area contributed by atoms with E-state index in [0.29, 0.717) is 19.6 Å². The summed E-state index contributed by atoms with van der Waals surface area (Å²) in [7, 11) is 0. The summed E-state index contributed by atoms with van der Waals surface area (Å²) in [6, 6.07) is 5.80. The van der Waals surface area contributed by atoms with Gasteiger partial charge in [-0.3, -0.25) is 4.79 Å². The van der Waals surface area contributed by atoms with E-state index in [-0.39, 0.29) is 34.6 Å². The summed E-state index contributed by atoms with van der Waals surface area (Å²) < 4.78 is 46.2. The molecule has 0 aromatic heterocycles. The Morgan fingerprint density at radius 1 is 1.12 bits per heavy atom. The Morgan fingerprint density at radius 3 is 2.41 bits per heavy atom. The summed E-state index contributed by atoms with van der Waals surface area (Å²) >= 11 is 5.66. The van der Waals surface area contributed by atoms with Gasteiger partial charge in [-0.1, -0.05) is 11.6 Å². The van der Waals surface area contributed by atoms with Crippen LogP contribution in [0.3, 0.4) is 0 Å². The van der Waals surface area contributed by atoms with Crippen molar-refractivity contribution in [3.05, 3.63) is 70.0 Å². The van der Waals surface area contributed by atoms with Crippen LogP contribution < -0.4 is 22.1 Å². The maximum absolute atomic E-state index is 13.7. The molecular weight excluding hydrogens is 471 g/mol. The van der Waals surface area contributed by atoms with Crippen molar-refractivity contribution >= 4 is 23.5 Å². The number of rotatable bonds is 10. The zero-order valence-corrected chi connectivity index (χ0v) is 19.7. The Morgan fingerprint density at radius 2 is 1.79 bits per heavy atom. The molecule has 0 spiro atoms. The smallest absolute Gasteiger partial charge is 0.280 e. The third kappa shape index (κ3) is 9.30. The molecular formula is C23H29ClF3N5O2. The molecule has 0 aliphatic carbocycles. The highest BCUT2D eigenvalue weighted by Gasteiger charge is 2.16. The van der Waals surface area contributed by atoms with Crippen LogP contribution >= 0.6 is 11.6 Å². The zero-order valence-electron chi connectivity index (χ0n) is 19.0. The second-order valence-electron chi connectivity index (χ2n) is 7.89. The number of guanidine groups is 1. The van der Waals surface area contributed by atoms with Gasteiger partial charge >= 0.3 is 0 Å². The van der Waals surface area contributed by atoms with E-state index in [9.17, 15) is 18.0 Å². The number of benzene rings is 2. The Hall–Kier alpha value is -2.66. The lowest BCUT2D eigenvalue weighted by molar-refractivity contribution is 0.0776. The van der Waals surface area contributed by atoms with Crippen LogP contribution in [0.5, 0.6) is 0 Å². The number of nitrogens with one attached hydrogen (secondary N) is 2. The summed E-state index contributed by atoms with van der Waals surface area (Å²) in [6.07, 6.45) is -0.0616. The Kier molecular flexibility index (Phi) is 10.8. The summed E-state index contributed by atoms with van der Waals surface area (Å²) in [4.78, 5) is 16.5. The number of nitrogens with two attached hydrogens (primary N) is 2. The largest absolute Gasteiger partial charge is 0.379 e. The first-order valence-corrected chi connectivity index (χ1v) is 11.1. The Labute approximate surface area is 201 Å². The number of hydrogen-bond donors (Lipinski definition) is 4. The minimum absolute atomic E-state index is 0.00773. The Balaban J connectivity index is 2.09. The molecule has 1 amide bonds. The minimum atomic E-state index is -0.825. The lowest BCUT2D eigenvalue weighted by Gasteiger charge is -2.21. The van der Waals surface area contributed by atoms with Gasteiger partial charge in [-0.25, -0.2) is 13.2 Å². The van der Waals surface area contributed by atoms with Crippen LogP contribution in [0.1, 0.15) is 48.7 Å². The van der Waals surface area contributed by atoms with Crippen molar-refractivity contribution in [3.63, 3.8) is 0 Å². The molecule has 2 atom stereocenters. The van der Waals surface area contributed by atoms with E-state index in [1.807, 2.05) is 13.8 Å². The van der Waals surface area contributed by atoms with Crippen molar-refractivity contribution < 1.29 is 22.7 Å². The van der Waals surface area contributed by atoms with Crippen LogP contribution in [0.25, 0.3) is 0 Å². The molecule has 0 saturated heterocycles. The topological polar surface area (TPSA) is 115 Å². The van der Waals surface area contributed by atoms with Crippen LogP contribution in [0.15, 0.2) is 41.4 Å². The summed E-state index contributed by atoms with van der Waals surface area (Å²) in [5, 5.41) is 5.68. The predicted molar refractivity (Wildman–Crippen MR) is 126 cm³/mol. The maximum atomic E-state index is 13.7. The van der Waals surface area contributed by atoms with Gasteiger partial charge in [-0.2, -0.15) is 4.99 Å². The molecule has 2 rings (SSSR count). The van der Waals surface area contributed by atoms with Crippen LogP contribution in [0, 0.1) is 17.5 Å². The van der Waals surface area contributed by atoms with E-state index in [1.54, 1.807) is 0 Å². The van der Waals surface area contributed by atoms with Crippen LogP contribution in [-0.4, -0.2) is 37.3 Å². The van der Waals surface area contributed by atoms with Crippen molar-refractivity contribution in [1.82, 2.24) is 10.6 Å². The lowest BCUT2D eigenvalue weighted by Crippen LogP contribution is -2.49. The second-order valence-corrected chi connectivity index (χ2v) is 8.30. The van der Waals surface area contributed by atoms with Crippen molar-refractivity contribution in [2.45, 2.75) is 45.0 Å². The van der Waals surface area contributed by atoms with Gasteiger partial charge in [0.25, 0.3) is 5.91 Å². The molecule has 0 radical (unpaired) electrons. The highest BCUT2D eigenvalue weighted by atomic mass is 35.5. The first kappa shape index (κ1) is 27.6. The van der Waals surface area contributed by atoms with E-state index < -0.39 is 35.6 Å². The quantitative estimate of drug-likeness (QED) is 0.172. The average molecular weight is 500 g/mol. The molecule has 6 N–H and O–H groups in total. The van der Waals surface area contributed by atoms with Gasteiger partial charge < -0.3 is 26.8 Å². The molecule has 34 heavy (non-hydrogen) atoms. The van der Waals surface area contributed by atoms with Gasteiger partial charge in [-0.15, -0.1) is 0 Å².